The number of carboxylic acids is 2. The normalized spacial score (nSPS) is 12.9. The smallest absolute Gasteiger partial charge is 0.490 e. The van der Waals surface area contributed by atoms with Gasteiger partial charge in [0.05, 0.1) is 11.0 Å². The minimum Gasteiger partial charge on any atom is -0.492 e. The summed E-state index contributed by atoms with van der Waals surface area (Å²) in [6.45, 7) is 2.30. The molecule has 0 bridgehead atoms. The van der Waals surface area contributed by atoms with Gasteiger partial charge in [-0.1, -0.05) is 12.1 Å². The molecular formula is C21H18F6N4O7. The van der Waals surface area contributed by atoms with Crippen molar-refractivity contribution in [1.82, 2.24) is 15.3 Å². The zero-order valence-corrected chi connectivity index (χ0v) is 18.8. The number of rotatable bonds is 2. The highest BCUT2D eigenvalue weighted by Gasteiger charge is 2.38. The molecule has 1 aliphatic heterocycles. The first kappa shape index (κ1) is 29.7. The van der Waals surface area contributed by atoms with E-state index in [9.17, 15) is 31.1 Å². The molecule has 1 aromatic heterocycles. The van der Waals surface area contributed by atoms with Crippen LogP contribution in [0.15, 0.2) is 36.4 Å². The molecule has 0 saturated carbocycles. The maximum absolute atomic E-state index is 10.8. The summed E-state index contributed by atoms with van der Waals surface area (Å²) in [4.78, 5) is 35.7. The van der Waals surface area contributed by atoms with Crippen molar-refractivity contribution in [2.45, 2.75) is 18.9 Å². The number of hydrogen-bond acceptors (Lipinski definition) is 7. The van der Waals surface area contributed by atoms with Gasteiger partial charge in [-0.2, -0.15) is 31.3 Å². The van der Waals surface area contributed by atoms with Gasteiger partial charge in [0.25, 0.3) is 0 Å². The first-order valence-corrected chi connectivity index (χ1v) is 10.1. The van der Waals surface area contributed by atoms with Crippen LogP contribution in [0.1, 0.15) is 5.56 Å². The fourth-order valence-electron chi connectivity index (χ4n) is 2.80. The number of primary amides is 1. The van der Waals surface area contributed by atoms with Gasteiger partial charge in [-0.25, -0.2) is 14.4 Å². The van der Waals surface area contributed by atoms with Gasteiger partial charge in [0.15, 0.2) is 0 Å². The summed E-state index contributed by atoms with van der Waals surface area (Å²) < 4.78 is 74.0. The van der Waals surface area contributed by atoms with E-state index in [0.29, 0.717) is 12.1 Å². The van der Waals surface area contributed by atoms with Gasteiger partial charge in [0, 0.05) is 18.7 Å². The Kier molecular flexibility index (Phi) is 9.48. The van der Waals surface area contributed by atoms with E-state index in [1.165, 1.54) is 0 Å². The number of hydrogen-bond donors (Lipinski definition) is 5. The molecule has 1 aliphatic rings. The van der Waals surface area contributed by atoms with Crippen molar-refractivity contribution in [2.24, 2.45) is 5.73 Å². The fraction of sp³-hybridized carbons (Fsp3) is 0.238. The summed E-state index contributed by atoms with van der Waals surface area (Å²) in [5.74, 6) is -4.59. The van der Waals surface area contributed by atoms with Gasteiger partial charge in [0.2, 0.25) is 0 Å². The Morgan fingerprint density at radius 3 is 2.05 bits per heavy atom. The van der Waals surface area contributed by atoms with Crippen LogP contribution >= 0.6 is 0 Å². The Bertz CT molecular complexity index is 1280. The Hall–Kier alpha value is -4.54. The molecule has 2 heterocycles. The number of carbonyl (C=O) groups excluding carboxylic acids is 1. The zero-order valence-electron chi connectivity index (χ0n) is 18.8. The topological polar surface area (TPSA) is 177 Å². The molecule has 11 nitrogen and oxygen atoms in total. The third kappa shape index (κ3) is 8.84. The maximum Gasteiger partial charge on any atom is 0.490 e. The number of alkyl halides is 6. The lowest BCUT2D eigenvalue weighted by molar-refractivity contribution is -0.193. The van der Waals surface area contributed by atoms with Crippen LogP contribution in [0.4, 0.5) is 31.1 Å². The second kappa shape index (κ2) is 12.1. The molecule has 0 saturated heterocycles. The average Bonchev–Trinajstić information content (AvgIpc) is 3.04. The molecule has 6 N–H and O–H groups in total. The molecule has 0 atom stereocenters. The standard InChI is InChI=1S/C17H16N4O3.2C2HF3O2/c18-16(22)24-17-20-13-3-1-11(8-14(13)21-17)10-2-4-15-12(7-10)9-19-5-6-23-15;2*3-2(4,5)1(6)7/h1-4,7-8,19H,5-6,9H2,(H2,18,22)(H,20,21);2*(H,6,7). The highest BCUT2D eigenvalue weighted by atomic mass is 19.4. The van der Waals surface area contributed by atoms with Gasteiger partial charge >= 0.3 is 36.4 Å². The van der Waals surface area contributed by atoms with Crippen LogP contribution in [0.2, 0.25) is 0 Å². The van der Waals surface area contributed by atoms with E-state index in [4.69, 9.17) is 35.0 Å². The predicted octanol–water partition coefficient (Wildman–Crippen LogP) is 3.44. The lowest BCUT2D eigenvalue weighted by Crippen LogP contribution is -2.21. The molecule has 17 heteroatoms. The van der Waals surface area contributed by atoms with Crippen LogP contribution in [0.3, 0.4) is 0 Å². The van der Waals surface area contributed by atoms with E-state index < -0.39 is 30.4 Å². The Morgan fingerprint density at radius 2 is 1.50 bits per heavy atom. The second-order valence-electron chi connectivity index (χ2n) is 7.15. The zero-order chi connectivity index (χ0) is 28.7. The summed E-state index contributed by atoms with van der Waals surface area (Å²) >= 11 is 0. The van der Waals surface area contributed by atoms with Crippen molar-refractivity contribution in [3.8, 4) is 22.9 Å². The highest BCUT2D eigenvalue weighted by Crippen LogP contribution is 2.30. The van der Waals surface area contributed by atoms with Crippen molar-refractivity contribution >= 4 is 29.1 Å². The van der Waals surface area contributed by atoms with Gasteiger partial charge in [-0.15, -0.1) is 0 Å². The van der Waals surface area contributed by atoms with E-state index in [1.54, 1.807) is 0 Å². The minimum atomic E-state index is -5.08. The molecule has 0 aliphatic carbocycles. The summed E-state index contributed by atoms with van der Waals surface area (Å²) in [7, 11) is 0. The largest absolute Gasteiger partial charge is 0.492 e. The third-order valence-corrected chi connectivity index (χ3v) is 4.39. The maximum atomic E-state index is 10.8. The van der Waals surface area contributed by atoms with Crippen molar-refractivity contribution in [1.29, 1.82) is 0 Å². The van der Waals surface area contributed by atoms with Gasteiger partial charge in [-0.3, -0.25) is 0 Å². The number of aromatic amines is 1. The molecule has 0 fully saturated rings. The Balaban J connectivity index is 0.000000301. The SMILES string of the molecule is NC(=O)Oc1nc2ccc(-c3ccc4c(c3)CNCCO4)cc2[nH]1.O=C(O)C(F)(F)F.O=C(O)C(F)(F)F. The number of H-pyrrole nitrogens is 1. The molecule has 38 heavy (non-hydrogen) atoms. The number of nitrogens with one attached hydrogen (secondary N) is 2. The minimum absolute atomic E-state index is 0.0918. The average molecular weight is 552 g/mol. The molecule has 2 aromatic carbocycles. The Labute approximate surface area is 208 Å². The van der Waals surface area contributed by atoms with Crippen molar-refractivity contribution in [2.75, 3.05) is 13.2 Å². The van der Waals surface area contributed by atoms with E-state index in [1.807, 2.05) is 30.3 Å². The van der Waals surface area contributed by atoms with Gasteiger partial charge in [0.1, 0.15) is 12.4 Å². The number of carboxylic acid groups (broad SMARTS) is 2. The number of aliphatic carboxylic acids is 2. The lowest BCUT2D eigenvalue weighted by Gasteiger charge is -2.09. The summed E-state index contributed by atoms with van der Waals surface area (Å²) in [6.07, 6.45) is -11.1. The number of halogens is 6. The Morgan fingerprint density at radius 1 is 0.947 bits per heavy atom. The third-order valence-electron chi connectivity index (χ3n) is 4.39. The van der Waals surface area contributed by atoms with Crippen LogP contribution in [-0.2, 0) is 16.1 Å². The molecule has 4 rings (SSSR count). The number of nitrogens with two attached hydrogens (primary N) is 1. The number of carbonyl (C=O) groups is 3. The number of nitrogens with zero attached hydrogens (tertiary/aromatic N) is 1. The summed E-state index contributed by atoms with van der Waals surface area (Å²) in [6, 6.07) is 12.0. The van der Waals surface area contributed by atoms with Crippen molar-refractivity contribution in [3.63, 3.8) is 0 Å². The number of benzene rings is 2. The van der Waals surface area contributed by atoms with Gasteiger partial charge in [-0.05, 0) is 35.4 Å². The van der Waals surface area contributed by atoms with E-state index in [0.717, 1.165) is 41.0 Å². The van der Waals surface area contributed by atoms with Gasteiger partial charge < -0.3 is 35.7 Å². The van der Waals surface area contributed by atoms with Crippen LogP contribution in [0.5, 0.6) is 11.8 Å². The summed E-state index contributed by atoms with van der Waals surface area (Å²) in [5.41, 5.74) is 9.72. The monoisotopic (exact) mass is 552 g/mol. The van der Waals surface area contributed by atoms with Crippen molar-refractivity contribution in [3.05, 3.63) is 42.0 Å². The fourth-order valence-corrected chi connectivity index (χ4v) is 2.80. The number of amides is 1. The quantitative estimate of drug-likeness (QED) is 0.298. The number of fused-ring (bicyclic) bond motifs is 2. The van der Waals surface area contributed by atoms with Crippen LogP contribution in [-0.4, -0.2) is 63.7 Å². The number of aromatic nitrogens is 2. The number of ether oxygens (including phenoxy) is 2. The van der Waals surface area contributed by atoms with Crippen molar-refractivity contribution < 1.29 is 60.4 Å². The first-order chi connectivity index (χ1) is 17.6. The molecule has 1 amide bonds. The summed E-state index contributed by atoms with van der Waals surface area (Å²) in [5, 5.41) is 17.6. The molecule has 206 valence electrons. The van der Waals surface area contributed by atoms with E-state index >= 15 is 0 Å². The lowest BCUT2D eigenvalue weighted by atomic mass is 10.0. The highest BCUT2D eigenvalue weighted by molar-refractivity contribution is 5.83. The molecule has 3 aromatic rings. The van der Waals surface area contributed by atoms with Crippen LogP contribution in [0, 0.1) is 0 Å². The molecular weight excluding hydrogens is 534 g/mol. The van der Waals surface area contributed by atoms with Crippen LogP contribution in [0.25, 0.3) is 22.2 Å². The molecule has 0 spiro atoms. The second-order valence-corrected chi connectivity index (χ2v) is 7.15. The molecule has 0 unspecified atom stereocenters. The predicted molar refractivity (Wildman–Crippen MR) is 116 cm³/mol. The molecule has 0 radical (unpaired) electrons. The first-order valence-electron chi connectivity index (χ1n) is 10.1. The van der Waals surface area contributed by atoms with Crippen LogP contribution < -0.4 is 20.5 Å². The van der Waals surface area contributed by atoms with E-state index in [-0.39, 0.29) is 6.01 Å². The number of imidazole rings is 1. The van der Waals surface area contributed by atoms with E-state index in [2.05, 4.69) is 21.4 Å².